The highest BCUT2D eigenvalue weighted by Crippen LogP contribution is 2.68. The van der Waals surface area contributed by atoms with Crippen molar-refractivity contribution in [3.05, 3.63) is 23.8 Å². The van der Waals surface area contributed by atoms with Crippen molar-refractivity contribution in [3.8, 4) is 0 Å². The minimum absolute atomic E-state index is 0.0424. The summed E-state index contributed by atoms with van der Waals surface area (Å²) in [4.78, 5) is 38.9. The maximum absolute atomic E-state index is 14.0. The van der Waals surface area contributed by atoms with Gasteiger partial charge in [-0.3, -0.25) is 14.4 Å². The van der Waals surface area contributed by atoms with Gasteiger partial charge in [-0.15, -0.1) is 0 Å². The molecule has 0 radical (unpaired) electrons. The second-order valence-electron chi connectivity index (χ2n) is 13.9. The van der Waals surface area contributed by atoms with Gasteiger partial charge in [0.1, 0.15) is 11.9 Å². The predicted molar refractivity (Wildman–Crippen MR) is 146 cm³/mol. The van der Waals surface area contributed by atoms with E-state index >= 15 is 0 Å². The van der Waals surface area contributed by atoms with E-state index in [0.717, 1.165) is 31.3 Å². The molecule has 10 unspecified atom stereocenters. The number of carbonyl (C=O) groups excluding carboxylic acids is 2. The number of fused-ring (bicyclic) bond motifs is 5. The average molecular weight is 529 g/mol. The van der Waals surface area contributed by atoms with E-state index in [2.05, 4.69) is 41.2 Å². The highest BCUT2D eigenvalue weighted by Gasteiger charge is 2.68. The molecule has 0 aliphatic heterocycles. The lowest BCUT2D eigenvalue weighted by atomic mass is 9.43. The van der Waals surface area contributed by atoms with Crippen molar-refractivity contribution in [1.82, 2.24) is 0 Å². The molecule has 10 atom stereocenters. The molecule has 4 rings (SSSR count). The fraction of sp³-hybridized carbons (Fsp3) is 0.781. The van der Waals surface area contributed by atoms with E-state index in [0.29, 0.717) is 30.6 Å². The van der Waals surface area contributed by atoms with Crippen molar-refractivity contribution >= 4 is 17.7 Å². The Kier molecular flexibility index (Phi) is 7.57. The Morgan fingerprint density at radius 3 is 2.39 bits per heavy atom. The number of rotatable bonds is 7. The van der Waals surface area contributed by atoms with Crippen molar-refractivity contribution in [2.24, 2.45) is 51.8 Å². The summed E-state index contributed by atoms with van der Waals surface area (Å²) >= 11 is 0. The molecule has 4 aliphatic carbocycles. The van der Waals surface area contributed by atoms with Gasteiger partial charge in [-0.25, -0.2) is 0 Å². The van der Waals surface area contributed by atoms with Crippen LogP contribution in [0, 0.1) is 51.8 Å². The van der Waals surface area contributed by atoms with Crippen molar-refractivity contribution < 1.29 is 29.3 Å². The maximum Gasteiger partial charge on any atom is 0.312 e. The molecule has 4 aliphatic rings. The van der Waals surface area contributed by atoms with E-state index in [4.69, 9.17) is 4.74 Å². The molecule has 6 nitrogen and oxygen atoms in total. The number of aliphatic hydroxyl groups is 1. The number of carbonyl (C=O) groups is 3. The molecule has 0 aromatic carbocycles. The van der Waals surface area contributed by atoms with Crippen molar-refractivity contribution in [2.75, 3.05) is 0 Å². The second-order valence-corrected chi connectivity index (χ2v) is 13.9. The molecular formula is C32H48O6. The monoisotopic (exact) mass is 528 g/mol. The van der Waals surface area contributed by atoms with Gasteiger partial charge in [0, 0.05) is 24.7 Å². The number of carboxylic acids is 1. The van der Waals surface area contributed by atoms with Crippen LogP contribution in [-0.4, -0.2) is 40.1 Å². The Morgan fingerprint density at radius 2 is 1.82 bits per heavy atom. The Hall–Kier alpha value is -1.95. The summed E-state index contributed by atoms with van der Waals surface area (Å²) in [6.45, 7) is 18.2. The zero-order valence-corrected chi connectivity index (χ0v) is 24.4. The van der Waals surface area contributed by atoms with Crippen LogP contribution in [0.15, 0.2) is 23.8 Å². The topological polar surface area (TPSA) is 101 Å². The first-order chi connectivity index (χ1) is 17.6. The van der Waals surface area contributed by atoms with Gasteiger partial charge >= 0.3 is 11.9 Å². The van der Waals surface area contributed by atoms with Crippen LogP contribution in [0.1, 0.15) is 93.4 Å². The highest BCUT2D eigenvalue weighted by atomic mass is 16.5. The summed E-state index contributed by atoms with van der Waals surface area (Å²) in [6, 6.07) is 0. The van der Waals surface area contributed by atoms with Gasteiger partial charge in [-0.2, -0.15) is 0 Å². The molecule has 212 valence electrons. The minimum Gasteiger partial charge on any atom is -0.481 e. The number of hydrogen-bond donors (Lipinski definition) is 2. The molecule has 0 heterocycles. The molecule has 0 spiro atoms. The lowest BCUT2D eigenvalue weighted by Crippen LogP contribution is -2.62. The molecule has 38 heavy (non-hydrogen) atoms. The molecule has 0 amide bonds. The molecule has 0 bridgehead atoms. The quantitative estimate of drug-likeness (QED) is 0.312. The van der Waals surface area contributed by atoms with Crippen LogP contribution in [-0.2, 0) is 19.1 Å². The number of aliphatic hydroxyl groups excluding tert-OH is 1. The predicted octanol–water partition coefficient (Wildman–Crippen LogP) is 5.98. The third-order valence-electron chi connectivity index (χ3n) is 11.8. The van der Waals surface area contributed by atoms with Crippen LogP contribution in [0.3, 0.4) is 0 Å². The van der Waals surface area contributed by atoms with E-state index in [1.54, 1.807) is 6.92 Å². The summed E-state index contributed by atoms with van der Waals surface area (Å²) in [5.41, 5.74) is -0.127. The fourth-order valence-corrected chi connectivity index (χ4v) is 9.16. The van der Waals surface area contributed by atoms with Gasteiger partial charge < -0.3 is 14.9 Å². The van der Waals surface area contributed by atoms with E-state index in [9.17, 15) is 24.6 Å². The number of esters is 1. The number of allylic oxidation sites excluding steroid dienone is 2. The summed E-state index contributed by atoms with van der Waals surface area (Å²) < 4.78 is 6.07. The summed E-state index contributed by atoms with van der Waals surface area (Å²) in [5.74, 6) is -0.933. The van der Waals surface area contributed by atoms with Crippen LogP contribution in [0.5, 0.6) is 0 Å². The Bertz CT molecular complexity index is 1040. The van der Waals surface area contributed by atoms with E-state index in [1.807, 2.05) is 6.08 Å². The first-order valence-electron chi connectivity index (χ1n) is 14.6. The van der Waals surface area contributed by atoms with E-state index < -0.39 is 34.9 Å². The number of aliphatic carboxylic acids is 1. The number of ketones is 1. The number of carboxylic acid groups (broad SMARTS) is 1. The van der Waals surface area contributed by atoms with E-state index in [1.165, 1.54) is 12.5 Å². The van der Waals surface area contributed by atoms with Gasteiger partial charge in [0.25, 0.3) is 0 Å². The number of ether oxygens (including phenoxy) is 1. The molecule has 0 aromatic heterocycles. The van der Waals surface area contributed by atoms with Crippen LogP contribution in [0.2, 0.25) is 0 Å². The van der Waals surface area contributed by atoms with Crippen LogP contribution >= 0.6 is 0 Å². The largest absolute Gasteiger partial charge is 0.481 e. The van der Waals surface area contributed by atoms with Gasteiger partial charge in [0.15, 0.2) is 0 Å². The summed E-state index contributed by atoms with van der Waals surface area (Å²) in [5, 5.41) is 21.0. The van der Waals surface area contributed by atoms with Crippen LogP contribution < -0.4 is 0 Å². The average Bonchev–Trinajstić information content (AvgIpc) is 3.19. The lowest BCUT2D eigenvalue weighted by Gasteiger charge is -2.61. The highest BCUT2D eigenvalue weighted by molar-refractivity contribution is 5.89. The summed E-state index contributed by atoms with van der Waals surface area (Å²) in [6.07, 6.45) is 5.57. The molecule has 6 heteroatoms. The van der Waals surface area contributed by atoms with Gasteiger partial charge in [-0.05, 0) is 86.5 Å². The first-order valence-corrected chi connectivity index (χ1v) is 14.6. The Morgan fingerprint density at radius 1 is 1.16 bits per heavy atom. The van der Waals surface area contributed by atoms with Crippen molar-refractivity contribution in [2.45, 2.75) is 106 Å². The Labute approximate surface area is 228 Å². The standard InChI is InChI=1S/C32H48O6/c1-17(2)18(3)9-10-19(4)21-11-12-22-28-23(15-27(31(21,22)7)38-20(5)33)30(6)14-13-26(35)32(8,29(36)37)25(30)16-24(28)34/h15,17,19,21-22,25-28,35H,3,9-14,16H2,1-2,4-8H3,(H,36,37). The zero-order chi connectivity index (χ0) is 28.4. The number of hydrogen-bond acceptors (Lipinski definition) is 5. The smallest absolute Gasteiger partial charge is 0.312 e. The first kappa shape index (κ1) is 29.0. The van der Waals surface area contributed by atoms with Gasteiger partial charge in [0.05, 0.1) is 11.5 Å². The molecular weight excluding hydrogens is 480 g/mol. The Balaban J connectivity index is 1.77. The summed E-state index contributed by atoms with van der Waals surface area (Å²) in [7, 11) is 0. The number of Topliss-reactive ketones (excluding diaryl/α,β-unsaturated/α-hetero) is 1. The lowest BCUT2D eigenvalue weighted by molar-refractivity contribution is -0.180. The zero-order valence-electron chi connectivity index (χ0n) is 24.4. The maximum atomic E-state index is 14.0. The molecule has 3 fully saturated rings. The molecule has 0 saturated heterocycles. The van der Waals surface area contributed by atoms with Gasteiger partial charge in [-0.1, -0.05) is 52.3 Å². The van der Waals surface area contributed by atoms with Crippen molar-refractivity contribution in [3.63, 3.8) is 0 Å². The normalized spacial score (nSPS) is 43.0. The minimum atomic E-state index is -1.41. The molecule has 2 N–H and O–H groups in total. The van der Waals surface area contributed by atoms with Gasteiger partial charge in [0.2, 0.25) is 0 Å². The molecule has 0 aromatic rings. The fourth-order valence-electron chi connectivity index (χ4n) is 9.16. The van der Waals surface area contributed by atoms with Crippen molar-refractivity contribution in [1.29, 1.82) is 0 Å². The second kappa shape index (κ2) is 9.91. The SMILES string of the molecule is C=C(CCC(C)C1CCC2C3C(=O)CC4C(C)(CCC(O)C4(C)C(=O)O)C3=CC(OC(C)=O)C12C)C(C)C. The van der Waals surface area contributed by atoms with Crippen LogP contribution in [0.25, 0.3) is 0 Å². The molecule has 3 saturated carbocycles. The third kappa shape index (κ3) is 4.20. The van der Waals surface area contributed by atoms with Crippen LogP contribution in [0.4, 0.5) is 0 Å². The van der Waals surface area contributed by atoms with E-state index in [-0.39, 0.29) is 35.4 Å². The third-order valence-corrected chi connectivity index (χ3v) is 11.8.